The third-order valence-corrected chi connectivity index (χ3v) is 4.56. The maximum atomic E-state index is 12.9. The summed E-state index contributed by atoms with van der Waals surface area (Å²) in [6, 6.07) is 1.08. The van der Waals surface area contributed by atoms with E-state index in [0.717, 1.165) is 6.07 Å². The number of fused-ring (bicyclic) bond motifs is 1. The van der Waals surface area contributed by atoms with Crippen LogP contribution in [0, 0.1) is 0 Å². The number of hydrogen-bond acceptors (Lipinski definition) is 8. The lowest BCUT2D eigenvalue weighted by Gasteiger charge is -2.13. The summed E-state index contributed by atoms with van der Waals surface area (Å²) in [5.74, 6) is -1.64. The first-order valence-corrected chi connectivity index (χ1v) is 10.0. The predicted octanol–water partition coefficient (Wildman–Crippen LogP) is 3.09. The topological polar surface area (TPSA) is 129 Å². The molecule has 0 atom stereocenters. The molecular formula is C22H20F2N2O7. The van der Waals surface area contributed by atoms with Crippen LogP contribution in [0.3, 0.4) is 0 Å². The molecule has 0 amide bonds. The third-order valence-electron chi connectivity index (χ3n) is 4.56. The van der Waals surface area contributed by atoms with E-state index in [2.05, 4.69) is 9.97 Å². The van der Waals surface area contributed by atoms with Crippen molar-refractivity contribution in [1.29, 1.82) is 0 Å². The molecule has 1 aliphatic rings. The summed E-state index contributed by atoms with van der Waals surface area (Å²) in [6.45, 7) is 1.22. The van der Waals surface area contributed by atoms with Crippen molar-refractivity contribution in [2.24, 2.45) is 0 Å². The van der Waals surface area contributed by atoms with Crippen molar-refractivity contribution in [1.82, 2.24) is 9.97 Å². The summed E-state index contributed by atoms with van der Waals surface area (Å²) in [6.07, 6.45) is 4.00. The quantitative estimate of drug-likeness (QED) is 0.622. The van der Waals surface area contributed by atoms with Gasteiger partial charge in [0.25, 0.3) is 0 Å². The molecule has 0 unspecified atom stereocenters. The molecule has 0 saturated carbocycles. The van der Waals surface area contributed by atoms with Gasteiger partial charge in [0.15, 0.2) is 0 Å². The molecule has 9 nitrogen and oxygen atoms in total. The number of aromatic amines is 1. The molecule has 0 spiro atoms. The van der Waals surface area contributed by atoms with Crippen LogP contribution in [0.2, 0.25) is 0 Å². The Hall–Kier alpha value is -3.89. The van der Waals surface area contributed by atoms with E-state index in [9.17, 15) is 28.0 Å². The monoisotopic (exact) mass is 462 g/mol. The molecule has 0 fully saturated rings. The number of ether oxygens (including phenoxy) is 2. The van der Waals surface area contributed by atoms with Gasteiger partial charge in [-0.15, -0.1) is 0 Å². The van der Waals surface area contributed by atoms with Crippen LogP contribution in [0.4, 0.5) is 8.78 Å². The minimum absolute atomic E-state index is 0.0268. The van der Waals surface area contributed by atoms with Gasteiger partial charge in [0.2, 0.25) is 18.0 Å². The molecule has 0 bridgehead atoms. The standard InChI is InChI=1S/C22H20F2N2O7/c1-12(27)31-15-8-4-2-3-6-14(10-15)21(29)33-20-18-13(7-5-9-16(23)24)11-17(28)32-19(18)25-22(30)26-20/h2,4,6,8,11,16H,3,5,7,9-10H2,1H3,(H,25,26,30)/b4-2?,14-6+,15-8+. The molecule has 2 heterocycles. The van der Waals surface area contributed by atoms with Crippen LogP contribution in [0.25, 0.3) is 11.1 Å². The molecule has 0 aromatic carbocycles. The van der Waals surface area contributed by atoms with Gasteiger partial charge in [-0.2, -0.15) is 4.98 Å². The molecule has 1 N–H and O–H groups in total. The summed E-state index contributed by atoms with van der Waals surface area (Å²) < 4.78 is 40.6. The highest BCUT2D eigenvalue weighted by molar-refractivity contribution is 5.93. The van der Waals surface area contributed by atoms with Gasteiger partial charge < -0.3 is 13.9 Å². The Morgan fingerprint density at radius 3 is 2.79 bits per heavy atom. The Morgan fingerprint density at radius 2 is 2.06 bits per heavy atom. The third kappa shape index (κ3) is 6.55. The molecule has 0 aliphatic heterocycles. The highest BCUT2D eigenvalue weighted by atomic mass is 19.3. The molecular weight excluding hydrogens is 442 g/mol. The van der Waals surface area contributed by atoms with Gasteiger partial charge in [-0.05, 0) is 30.9 Å². The van der Waals surface area contributed by atoms with E-state index < -0.39 is 42.0 Å². The average molecular weight is 462 g/mol. The first-order valence-electron chi connectivity index (χ1n) is 10.0. The fourth-order valence-corrected chi connectivity index (χ4v) is 3.20. The Kier molecular flexibility index (Phi) is 7.65. The van der Waals surface area contributed by atoms with Gasteiger partial charge in [0, 0.05) is 31.4 Å². The van der Waals surface area contributed by atoms with Crippen LogP contribution in [0.5, 0.6) is 5.88 Å². The van der Waals surface area contributed by atoms with Crippen LogP contribution in [-0.2, 0) is 20.7 Å². The van der Waals surface area contributed by atoms with Crippen molar-refractivity contribution < 1.29 is 32.3 Å². The number of nitrogens with one attached hydrogen (secondary N) is 1. The molecule has 3 rings (SSSR count). The van der Waals surface area contributed by atoms with Gasteiger partial charge in [0.1, 0.15) is 11.1 Å². The van der Waals surface area contributed by atoms with Crippen LogP contribution in [0.1, 0.15) is 38.2 Å². The lowest BCUT2D eigenvalue weighted by atomic mass is 10.1. The van der Waals surface area contributed by atoms with Gasteiger partial charge in [-0.3, -0.25) is 9.78 Å². The number of hydrogen-bond donors (Lipinski definition) is 1. The van der Waals surface area contributed by atoms with Gasteiger partial charge in [0.05, 0.1) is 0 Å². The molecule has 1 aliphatic carbocycles. The minimum Gasteiger partial charge on any atom is -0.431 e. The van der Waals surface area contributed by atoms with E-state index in [4.69, 9.17) is 13.9 Å². The summed E-state index contributed by atoms with van der Waals surface area (Å²) in [7, 11) is 0. The fourth-order valence-electron chi connectivity index (χ4n) is 3.20. The second-order valence-corrected chi connectivity index (χ2v) is 7.11. The highest BCUT2D eigenvalue weighted by Gasteiger charge is 2.21. The first-order chi connectivity index (χ1) is 15.7. The second kappa shape index (κ2) is 10.6. The summed E-state index contributed by atoms with van der Waals surface area (Å²) in [4.78, 5) is 53.9. The Labute approximate surface area is 185 Å². The predicted molar refractivity (Wildman–Crippen MR) is 112 cm³/mol. The minimum atomic E-state index is -2.52. The number of alkyl halides is 2. The van der Waals surface area contributed by atoms with Gasteiger partial charge in [-0.25, -0.2) is 23.2 Å². The average Bonchev–Trinajstić information content (AvgIpc) is 2.68. The maximum Gasteiger partial charge on any atom is 0.351 e. The van der Waals surface area contributed by atoms with E-state index >= 15 is 0 Å². The zero-order chi connectivity index (χ0) is 24.0. The number of rotatable bonds is 7. The van der Waals surface area contributed by atoms with Crippen LogP contribution >= 0.6 is 0 Å². The number of nitrogens with zero attached hydrogens (tertiary/aromatic N) is 1. The Morgan fingerprint density at radius 1 is 1.27 bits per heavy atom. The normalized spacial score (nSPS) is 17.0. The van der Waals surface area contributed by atoms with Crippen molar-refractivity contribution >= 4 is 23.0 Å². The molecule has 2 aromatic rings. The summed E-state index contributed by atoms with van der Waals surface area (Å²) in [5, 5.41) is 0.0268. The van der Waals surface area contributed by atoms with E-state index in [1.165, 1.54) is 6.92 Å². The molecule has 11 heteroatoms. The lowest BCUT2D eigenvalue weighted by molar-refractivity contribution is -0.137. The van der Waals surface area contributed by atoms with Crippen LogP contribution < -0.4 is 16.1 Å². The van der Waals surface area contributed by atoms with Crippen molar-refractivity contribution in [2.75, 3.05) is 0 Å². The molecule has 174 valence electrons. The number of H-pyrrole nitrogens is 1. The number of allylic oxidation sites excluding steroid dienone is 5. The number of aryl methyl sites for hydroxylation is 1. The van der Waals surface area contributed by atoms with Crippen molar-refractivity contribution in [3.63, 3.8) is 0 Å². The zero-order valence-corrected chi connectivity index (χ0v) is 17.6. The number of carbonyl (C=O) groups is 2. The number of esters is 2. The Balaban J connectivity index is 1.96. The van der Waals surface area contributed by atoms with E-state index in [1.54, 1.807) is 24.3 Å². The van der Waals surface area contributed by atoms with Crippen molar-refractivity contribution in [3.05, 3.63) is 68.2 Å². The molecule has 0 radical (unpaired) electrons. The van der Waals surface area contributed by atoms with E-state index in [-0.39, 0.29) is 47.3 Å². The van der Waals surface area contributed by atoms with Gasteiger partial charge >= 0.3 is 23.3 Å². The highest BCUT2D eigenvalue weighted by Crippen LogP contribution is 2.27. The summed E-state index contributed by atoms with van der Waals surface area (Å²) >= 11 is 0. The smallest absolute Gasteiger partial charge is 0.351 e. The summed E-state index contributed by atoms with van der Waals surface area (Å²) in [5.41, 5.74) is -1.65. The number of aromatic nitrogens is 2. The number of halogens is 2. The fraction of sp³-hybridized carbons (Fsp3) is 0.318. The van der Waals surface area contributed by atoms with Crippen molar-refractivity contribution in [2.45, 2.75) is 45.5 Å². The lowest BCUT2D eigenvalue weighted by Crippen LogP contribution is -2.19. The van der Waals surface area contributed by atoms with E-state index in [0.29, 0.717) is 6.42 Å². The zero-order valence-electron chi connectivity index (χ0n) is 17.6. The van der Waals surface area contributed by atoms with Crippen molar-refractivity contribution in [3.8, 4) is 5.88 Å². The molecule has 2 aromatic heterocycles. The number of carbonyl (C=O) groups excluding carboxylic acids is 2. The Bertz CT molecular complexity index is 1270. The SMILES string of the molecule is CC(=O)O/C1=C/C=CC/C=C(/C(=O)Oc2nc(=O)[nH]c3oc(=O)cc(CCCC(F)F)c23)C1. The van der Waals surface area contributed by atoms with E-state index in [1.807, 2.05) is 0 Å². The van der Waals surface area contributed by atoms with Crippen LogP contribution in [0.15, 0.2) is 55.7 Å². The van der Waals surface area contributed by atoms with Crippen LogP contribution in [-0.4, -0.2) is 28.3 Å². The molecule has 33 heavy (non-hydrogen) atoms. The largest absolute Gasteiger partial charge is 0.431 e. The molecule has 0 saturated heterocycles. The maximum absolute atomic E-state index is 12.9. The van der Waals surface area contributed by atoms with Gasteiger partial charge in [-0.1, -0.05) is 18.2 Å². The second-order valence-electron chi connectivity index (χ2n) is 7.11. The first kappa shape index (κ1) is 23.8.